The summed E-state index contributed by atoms with van der Waals surface area (Å²) in [6.07, 6.45) is 1.76. The first-order valence-electron chi connectivity index (χ1n) is 11.3. The predicted molar refractivity (Wildman–Crippen MR) is 148 cm³/mol. The van der Waals surface area contributed by atoms with Crippen molar-refractivity contribution in [3.8, 4) is 11.5 Å². The van der Waals surface area contributed by atoms with Crippen LogP contribution in [-0.4, -0.2) is 18.2 Å². The van der Waals surface area contributed by atoms with E-state index in [1.807, 2.05) is 49.4 Å². The lowest BCUT2D eigenvalue weighted by molar-refractivity contribution is -0.115. The fourth-order valence-corrected chi connectivity index (χ4v) is 4.93. The summed E-state index contributed by atoms with van der Waals surface area (Å²) in [5, 5.41) is 6.07. The number of nitrogens with one attached hydrogen (secondary N) is 1. The van der Waals surface area contributed by atoms with Crippen molar-refractivity contribution < 1.29 is 14.3 Å². The first-order chi connectivity index (χ1) is 17.5. The van der Waals surface area contributed by atoms with Crippen molar-refractivity contribution >= 4 is 57.0 Å². The monoisotopic (exact) mass is 514 g/mol. The third kappa shape index (κ3) is 5.40. The molecule has 5 rings (SSSR count). The molecule has 0 atom stereocenters. The first-order valence-corrected chi connectivity index (χ1v) is 12.5. The van der Waals surface area contributed by atoms with Crippen LogP contribution in [0.3, 0.4) is 0 Å². The number of aryl methyl sites for hydroxylation is 1. The Balaban J connectivity index is 1.34. The van der Waals surface area contributed by atoms with E-state index in [9.17, 15) is 4.79 Å². The normalized spacial score (nSPS) is 15.5. The fourth-order valence-electron chi connectivity index (χ4n) is 3.82. The second-order valence-corrected chi connectivity index (χ2v) is 9.76. The number of ether oxygens (including phenoxy) is 2. The largest absolute Gasteiger partial charge is 0.493 e. The number of nitrogens with zero attached hydrogens (tertiary/aromatic N) is 1. The Morgan fingerprint density at radius 1 is 1.00 bits per heavy atom. The number of carbonyl (C=O) groups is 1. The second-order valence-electron chi connectivity index (χ2n) is 8.32. The Labute approximate surface area is 218 Å². The SMILES string of the molecule is COc1cc(/C=C2/SC(=Nc3ccc(C)cc3)NC2=O)cc(Cl)c1OCc1ccc2ccccc2c1. The molecule has 0 bridgehead atoms. The Bertz CT molecular complexity index is 1510. The lowest BCUT2D eigenvalue weighted by atomic mass is 10.1. The molecule has 1 saturated heterocycles. The van der Waals surface area contributed by atoms with E-state index in [0.29, 0.717) is 33.2 Å². The summed E-state index contributed by atoms with van der Waals surface area (Å²) in [5.41, 5.74) is 3.68. The molecule has 0 aromatic heterocycles. The van der Waals surface area contributed by atoms with Crippen LogP contribution in [0.2, 0.25) is 5.02 Å². The van der Waals surface area contributed by atoms with Gasteiger partial charge in [0, 0.05) is 0 Å². The number of carbonyl (C=O) groups excluding carboxylic acids is 1. The van der Waals surface area contributed by atoms with E-state index in [0.717, 1.165) is 27.8 Å². The van der Waals surface area contributed by atoms with Crippen molar-refractivity contribution in [3.63, 3.8) is 0 Å². The lowest BCUT2D eigenvalue weighted by Crippen LogP contribution is -2.19. The van der Waals surface area contributed by atoms with Crippen LogP contribution in [0, 0.1) is 6.92 Å². The Morgan fingerprint density at radius 2 is 1.78 bits per heavy atom. The molecule has 7 heteroatoms. The highest BCUT2D eigenvalue weighted by Crippen LogP contribution is 2.38. The van der Waals surface area contributed by atoms with Gasteiger partial charge in [-0.25, -0.2) is 4.99 Å². The van der Waals surface area contributed by atoms with Crippen LogP contribution >= 0.6 is 23.4 Å². The van der Waals surface area contributed by atoms with Crippen molar-refractivity contribution in [1.82, 2.24) is 5.32 Å². The summed E-state index contributed by atoms with van der Waals surface area (Å²) >= 11 is 7.86. The van der Waals surface area contributed by atoms with Crippen LogP contribution in [0.25, 0.3) is 16.8 Å². The quantitative estimate of drug-likeness (QED) is 0.275. The van der Waals surface area contributed by atoms with Crippen molar-refractivity contribution in [2.45, 2.75) is 13.5 Å². The molecule has 0 saturated carbocycles. The van der Waals surface area contributed by atoms with Gasteiger partial charge in [-0.3, -0.25) is 4.79 Å². The van der Waals surface area contributed by atoms with E-state index in [-0.39, 0.29) is 5.91 Å². The van der Waals surface area contributed by atoms with Gasteiger partial charge in [-0.2, -0.15) is 0 Å². The Kier molecular flexibility index (Phi) is 6.98. The van der Waals surface area contributed by atoms with Crippen LogP contribution in [0.5, 0.6) is 11.5 Å². The molecule has 1 fully saturated rings. The van der Waals surface area contributed by atoms with Crippen molar-refractivity contribution in [2.75, 3.05) is 7.11 Å². The van der Waals surface area contributed by atoms with Gasteiger partial charge < -0.3 is 14.8 Å². The highest BCUT2D eigenvalue weighted by molar-refractivity contribution is 8.18. The van der Waals surface area contributed by atoms with Gasteiger partial charge in [0.1, 0.15) is 6.61 Å². The van der Waals surface area contributed by atoms with Gasteiger partial charge in [0.25, 0.3) is 5.91 Å². The Hall–Kier alpha value is -3.74. The summed E-state index contributed by atoms with van der Waals surface area (Å²) in [6.45, 7) is 2.36. The average molecular weight is 515 g/mol. The molecule has 1 aliphatic heterocycles. The van der Waals surface area contributed by atoms with Crippen molar-refractivity contribution in [1.29, 1.82) is 0 Å². The molecule has 1 amide bonds. The molecule has 1 aliphatic rings. The van der Waals surface area contributed by atoms with Gasteiger partial charge in [0.15, 0.2) is 16.7 Å². The zero-order valence-corrected chi connectivity index (χ0v) is 21.3. The number of aliphatic imine (C=N–C) groups is 1. The number of halogens is 1. The second kappa shape index (κ2) is 10.5. The maximum Gasteiger partial charge on any atom is 0.264 e. The zero-order valence-electron chi connectivity index (χ0n) is 19.7. The van der Waals surface area contributed by atoms with Crippen LogP contribution in [-0.2, 0) is 11.4 Å². The van der Waals surface area contributed by atoms with Gasteiger partial charge in [-0.05, 0) is 77.0 Å². The predicted octanol–water partition coefficient (Wildman–Crippen LogP) is 7.28. The average Bonchev–Trinajstić information content (AvgIpc) is 3.22. The highest BCUT2D eigenvalue weighted by atomic mass is 35.5. The molecule has 1 N–H and O–H groups in total. The Morgan fingerprint density at radius 3 is 2.56 bits per heavy atom. The van der Waals surface area contributed by atoms with Crippen molar-refractivity contribution in [2.24, 2.45) is 4.99 Å². The minimum atomic E-state index is -0.211. The number of amidine groups is 1. The molecule has 180 valence electrons. The molecule has 1 heterocycles. The smallest absolute Gasteiger partial charge is 0.264 e. The van der Waals surface area contributed by atoms with Gasteiger partial charge in [-0.1, -0.05) is 65.7 Å². The topological polar surface area (TPSA) is 59.9 Å². The lowest BCUT2D eigenvalue weighted by Gasteiger charge is -2.14. The minimum absolute atomic E-state index is 0.211. The van der Waals surface area contributed by atoms with Gasteiger partial charge in [-0.15, -0.1) is 0 Å². The summed E-state index contributed by atoms with van der Waals surface area (Å²) in [6, 6.07) is 25.7. The van der Waals surface area contributed by atoms with Crippen LogP contribution in [0.15, 0.2) is 88.8 Å². The number of methoxy groups -OCH3 is 1. The fraction of sp³-hybridized carbons (Fsp3) is 0.103. The van der Waals surface area contributed by atoms with E-state index < -0.39 is 0 Å². The van der Waals surface area contributed by atoms with E-state index in [2.05, 4.69) is 34.6 Å². The summed E-state index contributed by atoms with van der Waals surface area (Å²) in [5.74, 6) is 0.740. The third-order valence-corrected chi connectivity index (χ3v) is 6.85. The van der Waals surface area contributed by atoms with E-state index in [4.69, 9.17) is 21.1 Å². The molecule has 0 spiro atoms. The maximum atomic E-state index is 12.5. The molecule has 5 nitrogen and oxygen atoms in total. The summed E-state index contributed by atoms with van der Waals surface area (Å²) in [4.78, 5) is 17.6. The number of hydrogen-bond donors (Lipinski definition) is 1. The van der Waals surface area contributed by atoms with Crippen LogP contribution in [0.1, 0.15) is 16.7 Å². The number of benzene rings is 4. The number of thioether (sulfide) groups is 1. The molecule has 4 aromatic carbocycles. The maximum absolute atomic E-state index is 12.5. The van der Waals surface area contributed by atoms with Crippen LogP contribution < -0.4 is 14.8 Å². The van der Waals surface area contributed by atoms with Gasteiger partial charge in [0.05, 0.1) is 22.7 Å². The molecule has 0 aliphatic carbocycles. The molecular weight excluding hydrogens is 492 g/mol. The number of amides is 1. The highest BCUT2D eigenvalue weighted by Gasteiger charge is 2.24. The molecule has 0 radical (unpaired) electrons. The number of fused-ring (bicyclic) bond motifs is 1. The molecule has 0 unspecified atom stereocenters. The standard InChI is InChI=1S/C29H23ClN2O3S/c1-18-7-11-23(12-8-18)31-29-32-28(33)26(36-29)16-20-14-24(30)27(25(15-20)34-2)35-17-19-9-10-21-5-3-4-6-22(21)13-19/h3-16H,17H2,1-2H3,(H,31,32,33)/b26-16+. The van der Waals surface area contributed by atoms with Crippen LogP contribution in [0.4, 0.5) is 5.69 Å². The van der Waals surface area contributed by atoms with E-state index in [1.165, 1.54) is 17.1 Å². The van der Waals surface area contributed by atoms with E-state index in [1.54, 1.807) is 25.3 Å². The number of rotatable bonds is 6. The van der Waals surface area contributed by atoms with Gasteiger partial charge >= 0.3 is 0 Å². The zero-order chi connectivity index (χ0) is 25.1. The first kappa shape index (κ1) is 24.0. The molecular formula is C29H23ClN2O3S. The molecule has 36 heavy (non-hydrogen) atoms. The third-order valence-electron chi connectivity index (χ3n) is 5.66. The van der Waals surface area contributed by atoms with Crippen molar-refractivity contribution in [3.05, 3.63) is 105 Å². The summed E-state index contributed by atoms with van der Waals surface area (Å²) in [7, 11) is 1.56. The number of hydrogen-bond acceptors (Lipinski definition) is 5. The van der Waals surface area contributed by atoms with Gasteiger partial charge in [0.2, 0.25) is 0 Å². The summed E-state index contributed by atoms with van der Waals surface area (Å²) < 4.78 is 11.6. The van der Waals surface area contributed by atoms with E-state index >= 15 is 0 Å². The molecule has 4 aromatic rings. The minimum Gasteiger partial charge on any atom is -0.493 e.